The molecular formula is C15H18N2OS. The molecule has 0 unspecified atom stereocenters. The van der Waals surface area contributed by atoms with Gasteiger partial charge in [0.15, 0.2) is 0 Å². The number of hydrogen-bond acceptors (Lipinski definition) is 3. The number of hydrogen-bond donors (Lipinski definition) is 0. The van der Waals surface area contributed by atoms with E-state index in [1.165, 1.54) is 0 Å². The molecule has 0 bridgehead atoms. The summed E-state index contributed by atoms with van der Waals surface area (Å²) in [4.78, 5) is 18.3. The molecule has 2 heterocycles. The van der Waals surface area contributed by atoms with Gasteiger partial charge in [0, 0.05) is 25.5 Å². The average Bonchev–Trinajstić information content (AvgIpc) is 2.92. The van der Waals surface area contributed by atoms with Crippen molar-refractivity contribution in [3.8, 4) is 0 Å². The minimum atomic E-state index is 0.184. The van der Waals surface area contributed by atoms with Gasteiger partial charge in [-0.1, -0.05) is 13.0 Å². The van der Waals surface area contributed by atoms with Crippen molar-refractivity contribution < 1.29 is 4.79 Å². The first-order chi connectivity index (χ1) is 9.29. The largest absolute Gasteiger partial charge is 0.338 e. The molecule has 0 aliphatic heterocycles. The highest BCUT2D eigenvalue weighted by Crippen LogP contribution is 2.11. The van der Waals surface area contributed by atoms with Crippen molar-refractivity contribution in [3.63, 3.8) is 0 Å². The minimum Gasteiger partial charge on any atom is -0.338 e. The normalized spacial score (nSPS) is 10.4. The topological polar surface area (TPSA) is 33.2 Å². The Labute approximate surface area is 117 Å². The molecule has 19 heavy (non-hydrogen) atoms. The molecule has 0 aliphatic carbocycles. The van der Waals surface area contributed by atoms with Crippen LogP contribution < -0.4 is 0 Å². The summed E-state index contributed by atoms with van der Waals surface area (Å²) in [7, 11) is 0. The van der Waals surface area contributed by atoms with E-state index in [9.17, 15) is 4.79 Å². The summed E-state index contributed by atoms with van der Waals surface area (Å²) in [6.07, 6.45) is 5.03. The Kier molecular flexibility index (Phi) is 5.10. The van der Waals surface area contributed by atoms with E-state index in [4.69, 9.17) is 0 Å². The van der Waals surface area contributed by atoms with Crippen molar-refractivity contribution in [2.45, 2.75) is 26.3 Å². The molecule has 2 aromatic heterocycles. The maximum atomic E-state index is 12.3. The van der Waals surface area contributed by atoms with Gasteiger partial charge in [-0.15, -0.1) is 0 Å². The first-order valence-electron chi connectivity index (χ1n) is 6.47. The van der Waals surface area contributed by atoms with E-state index < -0.39 is 0 Å². The lowest BCUT2D eigenvalue weighted by atomic mass is 10.2. The fourth-order valence-electron chi connectivity index (χ4n) is 1.95. The number of amides is 1. The summed E-state index contributed by atoms with van der Waals surface area (Å²) >= 11 is 1.63. The van der Waals surface area contributed by atoms with Crippen LogP contribution in [0.1, 0.15) is 24.5 Å². The predicted octanol–water partition coefficient (Wildman–Crippen LogP) is 3.12. The first kappa shape index (κ1) is 13.7. The SMILES string of the molecule is CCCN(Cc1cccnc1)C(=O)Cc1ccsc1. The Morgan fingerprint density at radius 2 is 2.26 bits per heavy atom. The summed E-state index contributed by atoms with van der Waals surface area (Å²) in [5, 5.41) is 4.04. The van der Waals surface area contributed by atoms with Gasteiger partial charge < -0.3 is 4.90 Å². The second kappa shape index (κ2) is 7.04. The van der Waals surface area contributed by atoms with Crippen LogP contribution in [0.25, 0.3) is 0 Å². The van der Waals surface area contributed by atoms with Crippen molar-refractivity contribution in [3.05, 3.63) is 52.5 Å². The van der Waals surface area contributed by atoms with E-state index in [1.807, 2.05) is 40.1 Å². The van der Waals surface area contributed by atoms with E-state index in [1.54, 1.807) is 17.5 Å². The monoisotopic (exact) mass is 274 g/mol. The van der Waals surface area contributed by atoms with E-state index in [-0.39, 0.29) is 5.91 Å². The number of aromatic nitrogens is 1. The van der Waals surface area contributed by atoms with Gasteiger partial charge in [-0.2, -0.15) is 11.3 Å². The number of carbonyl (C=O) groups excluding carboxylic acids is 1. The van der Waals surface area contributed by atoms with E-state index in [0.29, 0.717) is 13.0 Å². The highest BCUT2D eigenvalue weighted by atomic mass is 32.1. The zero-order valence-electron chi connectivity index (χ0n) is 11.1. The quantitative estimate of drug-likeness (QED) is 0.811. The van der Waals surface area contributed by atoms with E-state index in [0.717, 1.165) is 24.1 Å². The van der Waals surface area contributed by atoms with Gasteiger partial charge in [-0.05, 0) is 40.4 Å². The predicted molar refractivity (Wildman–Crippen MR) is 78.0 cm³/mol. The van der Waals surface area contributed by atoms with Gasteiger partial charge in [-0.3, -0.25) is 9.78 Å². The Morgan fingerprint density at radius 1 is 1.37 bits per heavy atom. The molecule has 3 nitrogen and oxygen atoms in total. The number of nitrogens with zero attached hydrogens (tertiary/aromatic N) is 2. The molecular weight excluding hydrogens is 256 g/mol. The van der Waals surface area contributed by atoms with Crippen LogP contribution in [0, 0.1) is 0 Å². The number of rotatable bonds is 6. The Balaban J connectivity index is 2.00. The number of pyridine rings is 1. The summed E-state index contributed by atoms with van der Waals surface area (Å²) in [5.41, 5.74) is 2.18. The average molecular weight is 274 g/mol. The molecule has 0 atom stereocenters. The fraction of sp³-hybridized carbons (Fsp3) is 0.333. The van der Waals surface area contributed by atoms with Crippen LogP contribution in [-0.2, 0) is 17.8 Å². The van der Waals surface area contributed by atoms with Crippen LogP contribution in [0.4, 0.5) is 0 Å². The third kappa shape index (κ3) is 4.17. The molecule has 0 saturated heterocycles. The molecule has 1 amide bonds. The lowest BCUT2D eigenvalue weighted by Crippen LogP contribution is -2.32. The van der Waals surface area contributed by atoms with Crippen molar-refractivity contribution in [2.24, 2.45) is 0 Å². The second-order valence-electron chi connectivity index (χ2n) is 4.48. The van der Waals surface area contributed by atoms with Gasteiger partial charge in [0.2, 0.25) is 5.91 Å². The lowest BCUT2D eigenvalue weighted by Gasteiger charge is -2.22. The van der Waals surface area contributed by atoms with Crippen LogP contribution in [0.5, 0.6) is 0 Å². The zero-order chi connectivity index (χ0) is 13.5. The number of thiophene rings is 1. The Hall–Kier alpha value is -1.68. The Bertz CT molecular complexity index is 496. The van der Waals surface area contributed by atoms with Crippen LogP contribution in [0.2, 0.25) is 0 Å². The fourth-order valence-corrected chi connectivity index (χ4v) is 2.62. The van der Waals surface area contributed by atoms with Crippen LogP contribution in [-0.4, -0.2) is 22.3 Å². The lowest BCUT2D eigenvalue weighted by molar-refractivity contribution is -0.131. The van der Waals surface area contributed by atoms with Gasteiger partial charge in [0.25, 0.3) is 0 Å². The summed E-state index contributed by atoms with van der Waals surface area (Å²) in [6.45, 7) is 3.52. The van der Waals surface area contributed by atoms with Crippen LogP contribution in [0.3, 0.4) is 0 Å². The number of carbonyl (C=O) groups is 1. The molecule has 2 aromatic rings. The van der Waals surface area contributed by atoms with Crippen molar-refractivity contribution in [2.75, 3.05) is 6.54 Å². The van der Waals surface area contributed by atoms with Gasteiger partial charge >= 0.3 is 0 Å². The molecule has 0 aliphatic rings. The highest BCUT2D eigenvalue weighted by Gasteiger charge is 2.14. The molecule has 2 rings (SSSR count). The van der Waals surface area contributed by atoms with Crippen molar-refractivity contribution in [1.29, 1.82) is 0 Å². The van der Waals surface area contributed by atoms with Crippen LogP contribution in [0.15, 0.2) is 41.4 Å². The molecule has 0 aromatic carbocycles. The molecule has 0 fully saturated rings. The molecule has 100 valence electrons. The van der Waals surface area contributed by atoms with Crippen molar-refractivity contribution >= 4 is 17.2 Å². The molecule has 4 heteroatoms. The second-order valence-corrected chi connectivity index (χ2v) is 5.26. The summed E-state index contributed by atoms with van der Waals surface area (Å²) in [5.74, 6) is 0.184. The molecule has 0 radical (unpaired) electrons. The summed E-state index contributed by atoms with van der Waals surface area (Å²) < 4.78 is 0. The van der Waals surface area contributed by atoms with E-state index >= 15 is 0 Å². The third-order valence-corrected chi connectivity index (χ3v) is 3.61. The van der Waals surface area contributed by atoms with Crippen LogP contribution >= 0.6 is 11.3 Å². The standard InChI is InChI=1S/C15H18N2OS/c1-2-7-17(11-14-4-3-6-16-10-14)15(18)9-13-5-8-19-12-13/h3-6,8,10,12H,2,7,9,11H2,1H3. The highest BCUT2D eigenvalue weighted by molar-refractivity contribution is 7.07. The Morgan fingerprint density at radius 3 is 2.89 bits per heavy atom. The summed E-state index contributed by atoms with van der Waals surface area (Å²) in [6, 6.07) is 5.92. The van der Waals surface area contributed by atoms with Crippen molar-refractivity contribution in [1.82, 2.24) is 9.88 Å². The molecule has 0 N–H and O–H groups in total. The van der Waals surface area contributed by atoms with Gasteiger partial charge in [0.1, 0.15) is 0 Å². The van der Waals surface area contributed by atoms with Gasteiger partial charge in [-0.25, -0.2) is 0 Å². The van der Waals surface area contributed by atoms with E-state index in [2.05, 4.69) is 11.9 Å². The van der Waals surface area contributed by atoms with Gasteiger partial charge in [0.05, 0.1) is 6.42 Å². The zero-order valence-corrected chi connectivity index (χ0v) is 11.9. The maximum absolute atomic E-state index is 12.3. The molecule has 0 spiro atoms. The third-order valence-electron chi connectivity index (χ3n) is 2.88. The smallest absolute Gasteiger partial charge is 0.227 e. The molecule has 0 saturated carbocycles. The minimum absolute atomic E-state index is 0.184. The first-order valence-corrected chi connectivity index (χ1v) is 7.41. The maximum Gasteiger partial charge on any atom is 0.227 e.